The number of nitrogens with one attached hydrogen (secondary N) is 1. The molecule has 33 heavy (non-hydrogen) atoms. The second-order valence-electron chi connectivity index (χ2n) is 12.8. The fourth-order valence-electron chi connectivity index (χ4n) is 9.35. The predicted molar refractivity (Wildman–Crippen MR) is 134 cm³/mol. The second-order valence-corrected chi connectivity index (χ2v) is 12.8. The van der Waals surface area contributed by atoms with Crippen LogP contribution in [0.25, 0.3) is 0 Å². The number of hydrogen-bond donors (Lipinski definition) is 1. The minimum Gasteiger partial charge on any atom is -0.349 e. The summed E-state index contributed by atoms with van der Waals surface area (Å²) in [6, 6.07) is 4.71. The van der Waals surface area contributed by atoms with Crippen LogP contribution in [0.2, 0.25) is 0 Å². The average molecular weight is 452 g/mol. The summed E-state index contributed by atoms with van der Waals surface area (Å²) in [4.78, 5) is 19.3. The smallest absolute Gasteiger partial charge is 0.253 e. The van der Waals surface area contributed by atoms with E-state index in [1.54, 1.807) is 12.4 Å². The summed E-state index contributed by atoms with van der Waals surface area (Å²) in [5.74, 6) is 4.38. The van der Waals surface area contributed by atoms with Gasteiger partial charge in [-0.3, -0.25) is 9.78 Å². The lowest BCUT2D eigenvalue weighted by Gasteiger charge is -2.61. The highest BCUT2D eigenvalue weighted by Crippen LogP contribution is 2.67. The Morgan fingerprint density at radius 2 is 1.82 bits per heavy atom. The molecule has 4 heteroatoms. The van der Waals surface area contributed by atoms with Gasteiger partial charge in [0.2, 0.25) is 0 Å². The van der Waals surface area contributed by atoms with Gasteiger partial charge in [0.15, 0.2) is 0 Å². The minimum atomic E-state index is 0.0471. The van der Waals surface area contributed by atoms with E-state index in [4.69, 9.17) is 0 Å². The number of rotatable bonds is 4. The van der Waals surface area contributed by atoms with Crippen LogP contribution in [-0.2, 0) is 0 Å². The lowest BCUT2D eigenvalue weighted by molar-refractivity contribution is -0.117. The fourth-order valence-corrected chi connectivity index (χ4v) is 9.35. The van der Waals surface area contributed by atoms with Crippen LogP contribution in [-0.4, -0.2) is 42.0 Å². The third kappa shape index (κ3) is 3.85. The summed E-state index contributed by atoms with van der Waals surface area (Å²) < 4.78 is 0. The summed E-state index contributed by atoms with van der Waals surface area (Å²) in [6.45, 7) is 7.75. The first-order valence-electron chi connectivity index (χ1n) is 13.6. The van der Waals surface area contributed by atoms with Crippen molar-refractivity contribution < 1.29 is 4.79 Å². The molecule has 182 valence electrons. The molecule has 1 aromatic heterocycles. The van der Waals surface area contributed by atoms with Crippen molar-refractivity contribution in [2.75, 3.05) is 14.1 Å². The molecule has 0 bridgehead atoms. The number of nitrogens with zero attached hydrogens (tertiary/aromatic N) is 2. The maximum atomic E-state index is 12.7. The topological polar surface area (TPSA) is 45.2 Å². The fraction of sp³-hybridized carbons (Fsp3) is 0.793. The highest BCUT2D eigenvalue weighted by Gasteiger charge is 2.60. The molecule has 0 aliphatic heterocycles. The molecule has 0 aromatic carbocycles. The molecule has 1 N–H and O–H groups in total. The number of aromatic nitrogens is 1. The molecule has 4 fully saturated rings. The molecule has 9 atom stereocenters. The van der Waals surface area contributed by atoms with E-state index in [0.29, 0.717) is 28.5 Å². The van der Waals surface area contributed by atoms with Gasteiger partial charge >= 0.3 is 0 Å². The van der Waals surface area contributed by atoms with E-state index in [1.165, 1.54) is 44.9 Å². The van der Waals surface area contributed by atoms with Crippen molar-refractivity contribution in [1.29, 1.82) is 0 Å². The van der Waals surface area contributed by atoms with Crippen molar-refractivity contribution in [3.05, 3.63) is 30.1 Å². The van der Waals surface area contributed by atoms with Crippen LogP contribution in [0.4, 0.5) is 0 Å². The van der Waals surface area contributed by atoms with Crippen molar-refractivity contribution in [3.63, 3.8) is 0 Å². The maximum absolute atomic E-state index is 12.7. The van der Waals surface area contributed by atoms with E-state index in [1.807, 2.05) is 12.1 Å². The Balaban J connectivity index is 1.27. The Hall–Kier alpha value is -1.42. The second kappa shape index (κ2) is 8.66. The van der Waals surface area contributed by atoms with Gasteiger partial charge < -0.3 is 10.2 Å². The number of pyridine rings is 1. The molecular weight excluding hydrogens is 406 g/mol. The third-order valence-electron chi connectivity index (χ3n) is 11.4. The van der Waals surface area contributed by atoms with Gasteiger partial charge in [0.05, 0.1) is 5.56 Å². The molecule has 4 aliphatic rings. The molecule has 5 rings (SSSR count). The number of hydrogen-bond acceptors (Lipinski definition) is 3. The first kappa shape index (κ1) is 23.3. The Bertz CT molecular complexity index is 856. The van der Waals surface area contributed by atoms with E-state index < -0.39 is 0 Å². The quantitative estimate of drug-likeness (QED) is 0.630. The molecule has 4 saturated carbocycles. The van der Waals surface area contributed by atoms with Gasteiger partial charge in [-0.1, -0.05) is 13.8 Å². The van der Waals surface area contributed by atoms with Gasteiger partial charge in [-0.15, -0.1) is 0 Å². The zero-order chi connectivity index (χ0) is 23.4. The number of fused-ring (bicyclic) bond motifs is 5. The molecular formula is C29H45N3O. The van der Waals surface area contributed by atoms with Crippen LogP contribution in [0.15, 0.2) is 24.5 Å². The molecule has 0 spiro atoms. The molecule has 0 saturated heterocycles. The molecule has 1 aromatic rings. The standard InChI is InChI=1S/C29H45N3O/c1-19(32(4)5)24-10-11-25-23-9-8-21-17-22(31-27(33)20-7-6-16-30-18-20)12-14-28(21,2)26(23)13-15-29(24,25)3/h6-7,16,18-19,21-26H,8-15,17H2,1-5H3,(H,31,33)/t19-,21-,22-,23-,24+,25-,26-,28-,29+/m0/s1. The zero-order valence-corrected chi connectivity index (χ0v) is 21.5. The summed E-state index contributed by atoms with van der Waals surface area (Å²) in [7, 11) is 4.54. The van der Waals surface area contributed by atoms with E-state index in [2.05, 4.69) is 50.1 Å². The van der Waals surface area contributed by atoms with Crippen LogP contribution >= 0.6 is 0 Å². The predicted octanol–water partition coefficient (Wildman–Crippen LogP) is 5.79. The lowest BCUT2D eigenvalue weighted by atomic mass is 9.44. The summed E-state index contributed by atoms with van der Waals surface area (Å²) >= 11 is 0. The van der Waals surface area contributed by atoms with Crippen molar-refractivity contribution >= 4 is 5.91 Å². The zero-order valence-electron chi connectivity index (χ0n) is 21.5. The maximum Gasteiger partial charge on any atom is 0.253 e. The van der Waals surface area contributed by atoms with Gasteiger partial charge in [0.25, 0.3) is 5.91 Å². The van der Waals surface area contributed by atoms with Crippen LogP contribution < -0.4 is 5.32 Å². The molecule has 1 amide bonds. The Labute approximate surface area is 201 Å². The molecule has 4 aliphatic carbocycles. The summed E-state index contributed by atoms with van der Waals surface area (Å²) in [6.07, 6.45) is 15.5. The highest BCUT2D eigenvalue weighted by molar-refractivity contribution is 5.94. The lowest BCUT2D eigenvalue weighted by Crippen LogP contribution is -2.56. The van der Waals surface area contributed by atoms with Gasteiger partial charge in [-0.05, 0) is 131 Å². The number of carbonyl (C=O) groups excluding carboxylic acids is 1. The van der Waals surface area contributed by atoms with Crippen molar-refractivity contribution in [2.24, 2.45) is 40.4 Å². The summed E-state index contributed by atoms with van der Waals surface area (Å²) in [5, 5.41) is 3.35. The Morgan fingerprint density at radius 1 is 1.06 bits per heavy atom. The molecule has 1 heterocycles. The Morgan fingerprint density at radius 3 is 2.55 bits per heavy atom. The van der Waals surface area contributed by atoms with Crippen LogP contribution in [0, 0.1) is 40.4 Å². The van der Waals surface area contributed by atoms with E-state index >= 15 is 0 Å². The van der Waals surface area contributed by atoms with Gasteiger partial charge in [0, 0.05) is 24.5 Å². The first-order valence-corrected chi connectivity index (χ1v) is 13.6. The van der Waals surface area contributed by atoms with Crippen LogP contribution in [0.3, 0.4) is 0 Å². The SMILES string of the molecule is C[C@@H]([C@H]1CC[C@H]2[C@@H]3CC[C@H]4C[C@@H](NC(=O)c5cccnc5)CC[C@]4(C)[C@H]3CC[C@]12C)N(C)C. The van der Waals surface area contributed by atoms with Gasteiger partial charge in [-0.2, -0.15) is 0 Å². The van der Waals surface area contributed by atoms with Crippen LogP contribution in [0.1, 0.15) is 88.9 Å². The highest BCUT2D eigenvalue weighted by atomic mass is 16.1. The monoisotopic (exact) mass is 451 g/mol. The molecule has 0 radical (unpaired) electrons. The number of carbonyl (C=O) groups is 1. The average Bonchev–Trinajstić information content (AvgIpc) is 3.16. The van der Waals surface area contributed by atoms with Crippen molar-refractivity contribution in [2.45, 2.75) is 90.6 Å². The first-order chi connectivity index (χ1) is 15.7. The summed E-state index contributed by atoms with van der Waals surface area (Å²) in [5.41, 5.74) is 1.68. The normalized spacial score (nSPS) is 43.3. The largest absolute Gasteiger partial charge is 0.349 e. The molecule has 0 unspecified atom stereocenters. The number of amides is 1. The molecule has 4 nitrogen and oxygen atoms in total. The Kier molecular flexibility index (Phi) is 6.12. The van der Waals surface area contributed by atoms with Crippen molar-refractivity contribution in [3.8, 4) is 0 Å². The van der Waals surface area contributed by atoms with E-state index in [0.717, 1.165) is 42.4 Å². The van der Waals surface area contributed by atoms with Crippen LogP contribution in [0.5, 0.6) is 0 Å². The van der Waals surface area contributed by atoms with Gasteiger partial charge in [-0.25, -0.2) is 0 Å². The third-order valence-corrected chi connectivity index (χ3v) is 11.4. The van der Waals surface area contributed by atoms with E-state index in [-0.39, 0.29) is 5.91 Å². The minimum absolute atomic E-state index is 0.0471. The van der Waals surface area contributed by atoms with Gasteiger partial charge in [0.1, 0.15) is 0 Å². The van der Waals surface area contributed by atoms with E-state index in [9.17, 15) is 4.79 Å². The van der Waals surface area contributed by atoms with Crippen molar-refractivity contribution in [1.82, 2.24) is 15.2 Å².